The number of phenols is 1. The third-order valence-electron chi connectivity index (χ3n) is 3.84. The number of aromatic hydroxyl groups is 1. The van der Waals surface area contributed by atoms with Crippen LogP contribution in [-0.4, -0.2) is 29.3 Å². The molecule has 3 rings (SSSR count). The number of fused-ring (bicyclic) bond motifs is 1. The van der Waals surface area contributed by atoms with E-state index in [4.69, 9.17) is 9.47 Å². The Balaban J connectivity index is 2.20. The molecule has 5 nitrogen and oxygen atoms in total. The Morgan fingerprint density at radius 1 is 0.957 bits per heavy atom. The molecular formula is C18H18N2O3. The molecule has 0 aliphatic carbocycles. The summed E-state index contributed by atoms with van der Waals surface area (Å²) in [5, 5.41) is 10.7. The van der Waals surface area contributed by atoms with Gasteiger partial charge in [0.15, 0.2) is 5.82 Å². The van der Waals surface area contributed by atoms with Crippen molar-refractivity contribution in [3.05, 3.63) is 41.6 Å². The molecule has 2 aromatic carbocycles. The SMILES string of the molecule is COc1cc(OC)c2cnc(-c3cc(C)c(O)c(C)c3)nc2c1. The van der Waals surface area contributed by atoms with E-state index in [1.165, 1.54) is 0 Å². The molecule has 3 aromatic rings. The number of hydrogen-bond donors (Lipinski definition) is 1. The monoisotopic (exact) mass is 310 g/mol. The van der Waals surface area contributed by atoms with Crippen LogP contribution in [0.5, 0.6) is 17.2 Å². The minimum Gasteiger partial charge on any atom is -0.507 e. The van der Waals surface area contributed by atoms with E-state index < -0.39 is 0 Å². The zero-order valence-corrected chi connectivity index (χ0v) is 13.5. The Bertz CT molecular complexity index is 868. The topological polar surface area (TPSA) is 64.5 Å². The highest BCUT2D eigenvalue weighted by Crippen LogP contribution is 2.32. The van der Waals surface area contributed by atoms with E-state index in [9.17, 15) is 5.11 Å². The van der Waals surface area contributed by atoms with Gasteiger partial charge in [-0.25, -0.2) is 9.97 Å². The van der Waals surface area contributed by atoms with Gasteiger partial charge >= 0.3 is 0 Å². The molecule has 0 spiro atoms. The van der Waals surface area contributed by atoms with Crippen LogP contribution in [0, 0.1) is 13.8 Å². The van der Waals surface area contributed by atoms with Crippen LogP contribution in [0.25, 0.3) is 22.3 Å². The highest BCUT2D eigenvalue weighted by molar-refractivity contribution is 5.87. The van der Waals surface area contributed by atoms with Crippen molar-refractivity contribution in [2.24, 2.45) is 0 Å². The molecule has 0 unspecified atom stereocenters. The summed E-state index contributed by atoms with van der Waals surface area (Å²) in [5.41, 5.74) is 3.20. The number of methoxy groups -OCH3 is 2. The predicted octanol–water partition coefficient (Wildman–Crippen LogP) is 3.64. The average molecular weight is 310 g/mol. The summed E-state index contributed by atoms with van der Waals surface area (Å²) in [6.45, 7) is 3.72. The van der Waals surface area contributed by atoms with E-state index in [-0.39, 0.29) is 0 Å². The van der Waals surface area contributed by atoms with E-state index in [2.05, 4.69) is 9.97 Å². The number of hydrogen-bond acceptors (Lipinski definition) is 5. The molecule has 0 bridgehead atoms. The summed E-state index contributed by atoms with van der Waals surface area (Å²) in [5.74, 6) is 2.25. The van der Waals surface area contributed by atoms with Crippen LogP contribution in [0.15, 0.2) is 30.5 Å². The summed E-state index contributed by atoms with van der Waals surface area (Å²) in [7, 11) is 3.21. The van der Waals surface area contributed by atoms with Crippen molar-refractivity contribution in [3.63, 3.8) is 0 Å². The lowest BCUT2D eigenvalue weighted by Crippen LogP contribution is -1.95. The van der Waals surface area contributed by atoms with Crippen LogP contribution in [-0.2, 0) is 0 Å². The number of benzene rings is 2. The lowest BCUT2D eigenvalue weighted by molar-refractivity contribution is 0.397. The van der Waals surface area contributed by atoms with Gasteiger partial charge in [-0.2, -0.15) is 0 Å². The first-order valence-corrected chi connectivity index (χ1v) is 7.23. The largest absolute Gasteiger partial charge is 0.507 e. The third kappa shape index (κ3) is 2.65. The lowest BCUT2D eigenvalue weighted by Gasteiger charge is -2.10. The lowest BCUT2D eigenvalue weighted by atomic mass is 10.1. The van der Waals surface area contributed by atoms with Gasteiger partial charge in [0.05, 0.1) is 25.1 Å². The number of nitrogens with zero attached hydrogens (tertiary/aromatic N) is 2. The summed E-state index contributed by atoms with van der Waals surface area (Å²) in [6, 6.07) is 7.41. The van der Waals surface area contributed by atoms with Gasteiger partial charge in [-0.05, 0) is 37.1 Å². The quantitative estimate of drug-likeness (QED) is 0.800. The molecular weight excluding hydrogens is 292 g/mol. The summed E-state index contributed by atoms with van der Waals surface area (Å²) in [6.07, 6.45) is 1.74. The van der Waals surface area contributed by atoms with Crippen LogP contribution in [0.2, 0.25) is 0 Å². The summed E-state index contributed by atoms with van der Waals surface area (Å²) >= 11 is 0. The normalized spacial score (nSPS) is 10.8. The first kappa shape index (κ1) is 15.1. The summed E-state index contributed by atoms with van der Waals surface area (Å²) < 4.78 is 10.7. The van der Waals surface area contributed by atoms with E-state index in [0.29, 0.717) is 23.1 Å². The second-order valence-corrected chi connectivity index (χ2v) is 5.41. The van der Waals surface area contributed by atoms with Crippen LogP contribution in [0.1, 0.15) is 11.1 Å². The van der Waals surface area contributed by atoms with Gasteiger partial charge in [0, 0.05) is 23.9 Å². The van der Waals surface area contributed by atoms with Gasteiger partial charge in [0.1, 0.15) is 17.2 Å². The molecule has 118 valence electrons. The molecule has 0 atom stereocenters. The minimum atomic E-state index is 0.304. The molecule has 5 heteroatoms. The van der Waals surface area contributed by atoms with Crippen molar-refractivity contribution >= 4 is 10.9 Å². The van der Waals surface area contributed by atoms with Crippen LogP contribution in [0.4, 0.5) is 0 Å². The molecule has 0 saturated carbocycles. The van der Waals surface area contributed by atoms with E-state index >= 15 is 0 Å². The maximum Gasteiger partial charge on any atom is 0.159 e. The van der Waals surface area contributed by atoms with E-state index in [1.54, 1.807) is 26.5 Å². The Morgan fingerprint density at radius 2 is 1.65 bits per heavy atom. The van der Waals surface area contributed by atoms with E-state index in [0.717, 1.165) is 27.6 Å². The molecule has 1 N–H and O–H groups in total. The maximum atomic E-state index is 9.91. The smallest absolute Gasteiger partial charge is 0.159 e. The molecule has 0 radical (unpaired) electrons. The molecule has 1 aromatic heterocycles. The molecule has 1 heterocycles. The fraction of sp³-hybridized carbons (Fsp3) is 0.222. The molecule has 0 aliphatic rings. The fourth-order valence-corrected chi connectivity index (χ4v) is 2.59. The maximum absolute atomic E-state index is 9.91. The zero-order valence-electron chi connectivity index (χ0n) is 13.5. The van der Waals surface area contributed by atoms with Crippen molar-refractivity contribution < 1.29 is 14.6 Å². The average Bonchev–Trinajstić information content (AvgIpc) is 2.57. The predicted molar refractivity (Wildman–Crippen MR) is 89.2 cm³/mol. The Kier molecular flexibility index (Phi) is 3.78. The van der Waals surface area contributed by atoms with E-state index in [1.807, 2.05) is 32.0 Å². The molecule has 0 fully saturated rings. The second kappa shape index (κ2) is 5.76. The number of aromatic nitrogens is 2. The van der Waals surface area contributed by atoms with Gasteiger partial charge in [-0.15, -0.1) is 0 Å². The Morgan fingerprint density at radius 3 is 2.26 bits per heavy atom. The molecule has 0 aliphatic heterocycles. The van der Waals surface area contributed by atoms with Crippen molar-refractivity contribution in [3.8, 4) is 28.6 Å². The van der Waals surface area contributed by atoms with Gasteiger partial charge in [-0.3, -0.25) is 0 Å². The van der Waals surface area contributed by atoms with Crippen LogP contribution < -0.4 is 9.47 Å². The Hall–Kier alpha value is -2.82. The standard InChI is InChI=1S/C18H18N2O3/c1-10-5-12(6-11(2)17(10)21)18-19-9-14-15(20-18)7-13(22-3)8-16(14)23-4/h5-9,21H,1-4H3. The van der Waals surface area contributed by atoms with Crippen molar-refractivity contribution in [1.29, 1.82) is 0 Å². The highest BCUT2D eigenvalue weighted by Gasteiger charge is 2.11. The molecule has 23 heavy (non-hydrogen) atoms. The Labute approximate surface area is 134 Å². The third-order valence-corrected chi connectivity index (χ3v) is 3.84. The van der Waals surface area contributed by atoms with Gasteiger partial charge in [-0.1, -0.05) is 0 Å². The number of ether oxygens (including phenoxy) is 2. The van der Waals surface area contributed by atoms with Gasteiger partial charge < -0.3 is 14.6 Å². The molecule has 0 saturated heterocycles. The highest BCUT2D eigenvalue weighted by atomic mass is 16.5. The second-order valence-electron chi connectivity index (χ2n) is 5.41. The van der Waals surface area contributed by atoms with Crippen LogP contribution in [0.3, 0.4) is 0 Å². The van der Waals surface area contributed by atoms with Gasteiger partial charge in [0.2, 0.25) is 0 Å². The van der Waals surface area contributed by atoms with Crippen molar-refractivity contribution in [2.45, 2.75) is 13.8 Å². The number of aryl methyl sites for hydroxylation is 2. The first-order chi connectivity index (χ1) is 11.0. The van der Waals surface area contributed by atoms with Crippen molar-refractivity contribution in [2.75, 3.05) is 14.2 Å². The first-order valence-electron chi connectivity index (χ1n) is 7.23. The number of rotatable bonds is 3. The molecule has 0 amide bonds. The fourth-order valence-electron chi connectivity index (χ4n) is 2.59. The van der Waals surface area contributed by atoms with Gasteiger partial charge in [0.25, 0.3) is 0 Å². The number of phenolic OH excluding ortho intramolecular Hbond substituents is 1. The van der Waals surface area contributed by atoms with Crippen LogP contribution >= 0.6 is 0 Å². The van der Waals surface area contributed by atoms with Crippen molar-refractivity contribution in [1.82, 2.24) is 9.97 Å². The summed E-state index contributed by atoms with van der Waals surface area (Å²) in [4.78, 5) is 9.06. The zero-order chi connectivity index (χ0) is 16.6. The minimum absolute atomic E-state index is 0.304.